The Morgan fingerprint density at radius 1 is 1.19 bits per heavy atom. The summed E-state index contributed by atoms with van der Waals surface area (Å²) in [6.07, 6.45) is 2.70. The third kappa shape index (κ3) is 11.5. The molecule has 4 nitrogen and oxygen atoms in total. The molecule has 0 aliphatic carbocycles. The second-order valence-electron chi connectivity index (χ2n) is 5.00. The summed E-state index contributed by atoms with van der Waals surface area (Å²) in [7, 11) is 1.71. The molecule has 0 aliphatic rings. The van der Waals surface area contributed by atoms with E-state index in [1.165, 1.54) is 0 Å². The Balaban J connectivity index is 3.28. The molecule has 0 spiro atoms. The van der Waals surface area contributed by atoms with Gasteiger partial charge in [-0.3, -0.25) is 4.79 Å². The standard InChI is InChI=1S/C12H26N2O2/c1-12(2,3)14-11(15)7-9-13-8-5-6-10-16-4/h13H,5-10H2,1-4H3,(H,14,15). The highest BCUT2D eigenvalue weighted by Gasteiger charge is 2.12. The molecule has 0 unspecified atom stereocenters. The number of carbonyl (C=O) groups is 1. The van der Waals surface area contributed by atoms with Gasteiger partial charge < -0.3 is 15.4 Å². The van der Waals surface area contributed by atoms with Crippen molar-refractivity contribution in [2.24, 2.45) is 0 Å². The minimum Gasteiger partial charge on any atom is -0.385 e. The average molecular weight is 230 g/mol. The number of hydrogen-bond acceptors (Lipinski definition) is 3. The number of carbonyl (C=O) groups excluding carboxylic acids is 1. The van der Waals surface area contributed by atoms with E-state index in [1.54, 1.807) is 7.11 Å². The van der Waals surface area contributed by atoms with Crippen LogP contribution in [-0.4, -0.2) is 38.3 Å². The maximum absolute atomic E-state index is 11.4. The zero-order chi connectivity index (χ0) is 12.4. The highest BCUT2D eigenvalue weighted by Crippen LogP contribution is 1.98. The van der Waals surface area contributed by atoms with Crippen molar-refractivity contribution in [2.45, 2.75) is 45.6 Å². The Labute approximate surface area is 99.1 Å². The molecule has 0 aromatic heterocycles. The number of ether oxygens (including phenoxy) is 1. The van der Waals surface area contributed by atoms with Crippen LogP contribution in [0.4, 0.5) is 0 Å². The lowest BCUT2D eigenvalue weighted by Crippen LogP contribution is -2.41. The highest BCUT2D eigenvalue weighted by atomic mass is 16.5. The lowest BCUT2D eigenvalue weighted by Gasteiger charge is -2.20. The molecule has 0 aliphatic heterocycles. The van der Waals surface area contributed by atoms with Gasteiger partial charge in [-0.2, -0.15) is 0 Å². The predicted octanol–water partition coefficient (Wildman–Crippen LogP) is 1.31. The van der Waals surface area contributed by atoms with Crippen LogP contribution in [0, 0.1) is 0 Å². The van der Waals surface area contributed by atoms with Gasteiger partial charge in [0.25, 0.3) is 0 Å². The van der Waals surface area contributed by atoms with Crippen LogP contribution in [0.2, 0.25) is 0 Å². The fourth-order valence-electron chi connectivity index (χ4n) is 1.30. The second kappa shape index (κ2) is 8.53. The van der Waals surface area contributed by atoms with Crippen LogP contribution in [0.15, 0.2) is 0 Å². The molecule has 0 rings (SSSR count). The van der Waals surface area contributed by atoms with E-state index in [9.17, 15) is 4.79 Å². The molecule has 0 aromatic carbocycles. The van der Waals surface area contributed by atoms with E-state index < -0.39 is 0 Å². The van der Waals surface area contributed by atoms with Crippen LogP contribution < -0.4 is 10.6 Å². The van der Waals surface area contributed by atoms with Gasteiger partial charge >= 0.3 is 0 Å². The van der Waals surface area contributed by atoms with Gasteiger partial charge in [0.2, 0.25) is 5.91 Å². The first kappa shape index (κ1) is 15.4. The number of amides is 1. The largest absolute Gasteiger partial charge is 0.385 e. The average Bonchev–Trinajstić information content (AvgIpc) is 2.13. The fourth-order valence-corrected chi connectivity index (χ4v) is 1.30. The number of methoxy groups -OCH3 is 1. The maximum Gasteiger partial charge on any atom is 0.221 e. The Kier molecular flexibility index (Phi) is 8.21. The number of rotatable bonds is 8. The number of nitrogens with one attached hydrogen (secondary N) is 2. The molecule has 0 fully saturated rings. The molecule has 1 amide bonds. The molecule has 16 heavy (non-hydrogen) atoms. The zero-order valence-electron chi connectivity index (χ0n) is 11.1. The third-order valence-electron chi connectivity index (χ3n) is 2.00. The van der Waals surface area contributed by atoms with Gasteiger partial charge in [0.1, 0.15) is 0 Å². The quantitative estimate of drug-likeness (QED) is 0.618. The van der Waals surface area contributed by atoms with Crippen molar-refractivity contribution < 1.29 is 9.53 Å². The van der Waals surface area contributed by atoms with Gasteiger partial charge in [0.05, 0.1) is 0 Å². The van der Waals surface area contributed by atoms with E-state index >= 15 is 0 Å². The van der Waals surface area contributed by atoms with E-state index in [0.29, 0.717) is 6.42 Å². The summed E-state index contributed by atoms with van der Waals surface area (Å²) < 4.78 is 4.95. The van der Waals surface area contributed by atoms with Crippen LogP contribution in [0.5, 0.6) is 0 Å². The topological polar surface area (TPSA) is 50.4 Å². The molecular weight excluding hydrogens is 204 g/mol. The third-order valence-corrected chi connectivity index (χ3v) is 2.00. The maximum atomic E-state index is 11.4. The first-order valence-electron chi connectivity index (χ1n) is 5.96. The molecular formula is C12H26N2O2. The van der Waals surface area contributed by atoms with Crippen molar-refractivity contribution in [3.8, 4) is 0 Å². The normalized spacial score (nSPS) is 11.5. The van der Waals surface area contributed by atoms with Crippen molar-refractivity contribution >= 4 is 5.91 Å². The van der Waals surface area contributed by atoms with E-state index in [4.69, 9.17) is 4.74 Å². The summed E-state index contributed by atoms with van der Waals surface area (Å²) in [4.78, 5) is 11.4. The Bertz CT molecular complexity index is 188. The van der Waals surface area contributed by atoms with Crippen molar-refractivity contribution in [3.63, 3.8) is 0 Å². The lowest BCUT2D eigenvalue weighted by atomic mass is 10.1. The Morgan fingerprint density at radius 3 is 2.44 bits per heavy atom. The summed E-state index contributed by atoms with van der Waals surface area (Å²) >= 11 is 0. The van der Waals surface area contributed by atoms with Gasteiger partial charge in [-0.25, -0.2) is 0 Å². The fraction of sp³-hybridized carbons (Fsp3) is 0.917. The van der Waals surface area contributed by atoms with Crippen LogP contribution in [0.1, 0.15) is 40.0 Å². The summed E-state index contributed by atoms with van der Waals surface area (Å²) in [5.74, 6) is 0.108. The van der Waals surface area contributed by atoms with E-state index in [1.807, 2.05) is 20.8 Å². The minimum atomic E-state index is -0.129. The molecule has 0 saturated carbocycles. The van der Waals surface area contributed by atoms with Gasteiger partial charge in [-0.1, -0.05) is 0 Å². The summed E-state index contributed by atoms with van der Waals surface area (Å²) in [5.41, 5.74) is -0.129. The van der Waals surface area contributed by atoms with Gasteiger partial charge in [-0.15, -0.1) is 0 Å². The summed E-state index contributed by atoms with van der Waals surface area (Å²) in [6, 6.07) is 0. The number of unbranched alkanes of at least 4 members (excludes halogenated alkanes) is 1. The molecule has 0 saturated heterocycles. The SMILES string of the molecule is COCCCCNCCC(=O)NC(C)(C)C. The first-order valence-corrected chi connectivity index (χ1v) is 5.96. The molecule has 96 valence electrons. The van der Waals surface area contributed by atoms with Crippen molar-refractivity contribution in [2.75, 3.05) is 26.8 Å². The van der Waals surface area contributed by atoms with Crippen LogP contribution in [-0.2, 0) is 9.53 Å². The van der Waals surface area contributed by atoms with E-state index in [0.717, 1.165) is 32.5 Å². The monoisotopic (exact) mass is 230 g/mol. The van der Waals surface area contributed by atoms with E-state index in [-0.39, 0.29) is 11.4 Å². The number of hydrogen-bond donors (Lipinski definition) is 2. The van der Waals surface area contributed by atoms with Crippen molar-refractivity contribution in [1.29, 1.82) is 0 Å². The minimum absolute atomic E-state index is 0.108. The van der Waals surface area contributed by atoms with Crippen LogP contribution in [0.25, 0.3) is 0 Å². The lowest BCUT2D eigenvalue weighted by molar-refractivity contribution is -0.122. The van der Waals surface area contributed by atoms with Crippen molar-refractivity contribution in [3.05, 3.63) is 0 Å². The molecule has 4 heteroatoms. The highest BCUT2D eigenvalue weighted by molar-refractivity contribution is 5.76. The summed E-state index contributed by atoms with van der Waals surface area (Å²) in [6.45, 7) is 8.47. The molecule has 0 bridgehead atoms. The second-order valence-corrected chi connectivity index (χ2v) is 5.00. The van der Waals surface area contributed by atoms with Gasteiger partial charge in [0.15, 0.2) is 0 Å². The van der Waals surface area contributed by atoms with E-state index in [2.05, 4.69) is 10.6 Å². The smallest absolute Gasteiger partial charge is 0.221 e. The molecule has 2 N–H and O–H groups in total. The molecule has 0 heterocycles. The zero-order valence-corrected chi connectivity index (χ0v) is 11.1. The first-order chi connectivity index (χ1) is 7.45. The van der Waals surface area contributed by atoms with Crippen LogP contribution >= 0.6 is 0 Å². The van der Waals surface area contributed by atoms with Gasteiger partial charge in [0, 0.05) is 32.2 Å². The Morgan fingerprint density at radius 2 is 1.88 bits per heavy atom. The summed E-state index contributed by atoms with van der Waals surface area (Å²) in [5, 5.41) is 6.18. The predicted molar refractivity (Wildman–Crippen MR) is 66.5 cm³/mol. The van der Waals surface area contributed by atoms with Gasteiger partial charge in [-0.05, 0) is 40.2 Å². The van der Waals surface area contributed by atoms with Crippen LogP contribution in [0.3, 0.4) is 0 Å². The molecule has 0 aromatic rings. The van der Waals surface area contributed by atoms with Crippen molar-refractivity contribution in [1.82, 2.24) is 10.6 Å². The molecule has 0 radical (unpaired) electrons. The molecule has 0 atom stereocenters. The Hall–Kier alpha value is -0.610.